The molecule has 0 aliphatic heterocycles. The van der Waals surface area contributed by atoms with Gasteiger partial charge in [-0.3, -0.25) is 0 Å². The molecule has 0 saturated carbocycles. The lowest BCUT2D eigenvalue weighted by Gasteiger charge is -2.28. The molecule has 0 fully saturated rings. The van der Waals surface area contributed by atoms with Gasteiger partial charge < -0.3 is 20.1 Å². The van der Waals surface area contributed by atoms with Crippen LogP contribution in [-0.4, -0.2) is 30.2 Å². The van der Waals surface area contributed by atoms with E-state index in [1.54, 1.807) is 0 Å². The van der Waals surface area contributed by atoms with Crippen LogP contribution in [-0.2, 0) is 13.1 Å². The number of anilines is 3. The largest absolute Gasteiger partial charge is 0.395 e. The van der Waals surface area contributed by atoms with Crippen molar-refractivity contribution in [3.8, 4) is 11.3 Å². The Morgan fingerprint density at radius 2 is 1.52 bits per heavy atom. The monoisotopic (exact) mass is 439 g/mol. The summed E-state index contributed by atoms with van der Waals surface area (Å²) in [6, 6.07) is 27.2. The van der Waals surface area contributed by atoms with E-state index in [1.165, 1.54) is 11.3 Å². The van der Waals surface area contributed by atoms with Crippen molar-refractivity contribution < 1.29 is 0 Å². The summed E-state index contributed by atoms with van der Waals surface area (Å²) < 4.78 is 2.25. The first kappa shape index (κ1) is 22.5. The molecule has 0 saturated heterocycles. The number of aryl methyl sites for hydroxylation is 1. The molecule has 5 heteroatoms. The van der Waals surface area contributed by atoms with Gasteiger partial charge >= 0.3 is 0 Å². The third-order valence-corrected chi connectivity index (χ3v) is 6.07. The zero-order chi connectivity index (χ0) is 23.2. The van der Waals surface area contributed by atoms with Crippen molar-refractivity contribution in [1.82, 2.24) is 9.55 Å². The van der Waals surface area contributed by atoms with Gasteiger partial charge in [0.05, 0.1) is 29.1 Å². The van der Waals surface area contributed by atoms with Gasteiger partial charge in [0.2, 0.25) is 0 Å². The standard InChI is InChI=1S/C28H33N5/c1-22-28(24-14-8-5-9-15-24)30-21-33(22)19-11-18-32(20-23-12-6-4-7-13-23)26-17-10-16-25(27(26)29)31(2)3/h4-10,12-17,21H,11,18-20,29H2,1-3H3. The second-order valence-electron chi connectivity index (χ2n) is 8.60. The van der Waals surface area contributed by atoms with E-state index in [4.69, 9.17) is 5.73 Å². The van der Waals surface area contributed by atoms with Crippen molar-refractivity contribution in [3.63, 3.8) is 0 Å². The van der Waals surface area contributed by atoms with Crippen LogP contribution in [0.3, 0.4) is 0 Å². The zero-order valence-electron chi connectivity index (χ0n) is 19.8. The Kier molecular flexibility index (Phi) is 6.98. The van der Waals surface area contributed by atoms with Gasteiger partial charge in [0.25, 0.3) is 0 Å². The molecule has 4 aromatic rings. The Balaban J connectivity index is 1.52. The molecule has 2 N–H and O–H groups in total. The zero-order valence-corrected chi connectivity index (χ0v) is 19.8. The first-order chi connectivity index (χ1) is 16.0. The number of hydrogen-bond donors (Lipinski definition) is 1. The predicted molar refractivity (Wildman–Crippen MR) is 140 cm³/mol. The van der Waals surface area contributed by atoms with Crippen LogP contribution in [0.15, 0.2) is 85.2 Å². The summed E-state index contributed by atoms with van der Waals surface area (Å²) >= 11 is 0. The molecule has 0 aliphatic rings. The van der Waals surface area contributed by atoms with Crippen LogP contribution in [0.5, 0.6) is 0 Å². The Morgan fingerprint density at radius 3 is 2.21 bits per heavy atom. The van der Waals surface area contributed by atoms with Crippen LogP contribution >= 0.6 is 0 Å². The lowest BCUT2D eigenvalue weighted by atomic mass is 10.1. The van der Waals surface area contributed by atoms with Gasteiger partial charge in [0.1, 0.15) is 0 Å². The first-order valence-corrected chi connectivity index (χ1v) is 11.5. The Labute approximate surface area is 197 Å². The van der Waals surface area contributed by atoms with Gasteiger partial charge in [0.15, 0.2) is 0 Å². The third kappa shape index (κ3) is 5.20. The highest BCUT2D eigenvalue weighted by atomic mass is 15.2. The smallest absolute Gasteiger partial charge is 0.0955 e. The molecule has 0 radical (unpaired) electrons. The molecular formula is C28H33N5. The molecule has 0 atom stereocenters. The molecule has 3 aromatic carbocycles. The van der Waals surface area contributed by atoms with Gasteiger partial charge in [-0.2, -0.15) is 0 Å². The fourth-order valence-corrected chi connectivity index (χ4v) is 4.28. The molecule has 0 amide bonds. The van der Waals surface area contributed by atoms with Crippen molar-refractivity contribution in [1.29, 1.82) is 0 Å². The maximum Gasteiger partial charge on any atom is 0.0955 e. The number of benzene rings is 3. The maximum atomic E-state index is 6.61. The highest BCUT2D eigenvalue weighted by molar-refractivity contribution is 5.81. The normalized spacial score (nSPS) is 10.9. The van der Waals surface area contributed by atoms with Crippen molar-refractivity contribution in [2.45, 2.75) is 26.4 Å². The fourth-order valence-electron chi connectivity index (χ4n) is 4.28. The minimum atomic E-state index is 0.820. The number of rotatable bonds is 9. The molecule has 5 nitrogen and oxygen atoms in total. The van der Waals surface area contributed by atoms with Crippen LogP contribution in [0.1, 0.15) is 17.7 Å². The maximum absolute atomic E-state index is 6.61. The topological polar surface area (TPSA) is 50.3 Å². The fraction of sp³-hybridized carbons (Fsp3) is 0.250. The molecule has 0 spiro atoms. The van der Waals surface area contributed by atoms with Gasteiger partial charge in [-0.25, -0.2) is 4.98 Å². The SMILES string of the molecule is Cc1c(-c2ccccc2)ncn1CCCN(Cc1ccccc1)c1cccc(N(C)C)c1N. The van der Waals surface area contributed by atoms with Crippen LogP contribution in [0.4, 0.5) is 17.1 Å². The summed E-state index contributed by atoms with van der Waals surface area (Å²) in [5, 5.41) is 0. The summed E-state index contributed by atoms with van der Waals surface area (Å²) in [4.78, 5) is 9.14. The van der Waals surface area contributed by atoms with E-state index >= 15 is 0 Å². The van der Waals surface area contributed by atoms with E-state index in [2.05, 4.69) is 99.1 Å². The van der Waals surface area contributed by atoms with E-state index in [1.807, 2.05) is 26.5 Å². The van der Waals surface area contributed by atoms with E-state index < -0.39 is 0 Å². The molecule has 1 heterocycles. The third-order valence-electron chi connectivity index (χ3n) is 6.07. The molecular weight excluding hydrogens is 406 g/mol. The Hall–Kier alpha value is -3.73. The van der Waals surface area contributed by atoms with Gasteiger partial charge in [-0.15, -0.1) is 0 Å². The molecule has 0 unspecified atom stereocenters. The molecule has 33 heavy (non-hydrogen) atoms. The second-order valence-corrected chi connectivity index (χ2v) is 8.60. The van der Waals surface area contributed by atoms with Gasteiger partial charge in [-0.1, -0.05) is 66.7 Å². The average molecular weight is 440 g/mol. The summed E-state index contributed by atoms with van der Waals surface area (Å²) in [7, 11) is 4.06. The number of hydrogen-bond acceptors (Lipinski definition) is 4. The molecule has 170 valence electrons. The highest BCUT2D eigenvalue weighted by Gasteiger charge is 2.15. The molecule has 0 aliphatic carbocycles. The Morgan fingerprint density at radius 1 is 0.848 bits per heavy atom. The first-order valence-electron chi connectivity index (χ1n) is 11.5. The second kappa shape index (κ2) is 10.3. The summed E-state index contributed by atoms with van der Waals surface area (Å²) in [6.45, 7) is 4.77. The quantitative estimate of drug-likeness (QED) is 0.345. The van der Waals surface area contributed by atoms with Crippen LogP contribution < -0.4 is 15.5 Å². The van der Waals surface area contributed by atoms with E-state index in [-0.39, 0.29) is 0 Å². The highest BCUT2D eigenvalue weighted by Crippen LogP contribution is 2.33. The lowest BCUT2D eigenvalue weighted by Crippen LogP contribution is -2.26. The number of imidazole rings is 1. The average Bonchev–Trinajstić information content (AvgIpc) is 3.20. The van der Waals surface area contributed by atoms with E-state index in [0.29, 0.717) is 0 Å². The van der Waals surface area contributed by atoms with E-state index in [0.717, 1.165) is 54.4 Å². The van der Waals surface area contributed by atoms with Crippen molar-refractivity contribution in [3.05, 3.63) is 96.4 Å². The molecule has 0 bridgehead atoms. The van der Waals surface area contributed by atoms with Crippen LogP contribution in [0.2, 0.25) is 0 Å². The van der Waals surface area contributed by atoms with Crippen LogP contribution in [0, 0.1) is 6.92 Å². The predicted octanol–water partition coefficient (Wildman–Crippen LogP) is 5.60. The number of aromatic nitrogens is 2. The molecule has 1 aromatic heterocycles. The van der Waals surface area contributed by atoms with Gasteiger partial charge in [0, 0.05) is 45.0 Å². The minimum Gasteiger partial charge on any atom is -0.395 e. The van der Waals surface area contributed by atoms with E-state index in [9.17, 15) is 0 Å². The van der Waals surface area contributed by atoms with Crippen molar-refractivity contribution in [2.75, 3.05) is 36.2 Å². The molecule has 4 rings (SSSR count). The summed E-state index contributed by atoms with van der Waals surface area (Å²) in [5.41, 5.74) is 14.3. The lowest BCUT2D eigenvalue weighted by molar-refractivity contribution is 0.611. The summed E-state index contributed by atoms with van der Waals surface area (Å²) in [6.07, 6.45) is 2.95. The van der Waals surface area contributed by atoms with Crippen molar-refractivity contribution in [2.24, 2.45) is 0 Å². The number of para-hydroxylation sites is 1. The minimum absolute atomic E-state index is 0.820. The van der Waals surface area contributed by atoms with Gasteiger partial charge in [-0.05, 0) is 31.0 Å². The summed E-state index contributed by atoms with van der Waals surface area (Å²) in [5.74, 6) is 0. The van der Waals surface area contributed by atoms with Crippen LogP contribution in [0.25, 0.3) is 11.3 Å². The van der Waals surface area contributed by atoms with Crippen molar-refractivity contribution >= 4 is 17.1 Å². The number of nitrogens with zero attached hydrogens (tertiary/aromatic N) is 4. The Bertz CT molecular complexity index is 1170. The number of nitrogens with two attached hydrogens (primary N) is 1. The number of nitrogen functional groups attached to an aromatic ring is 1.